The predicted molar refractivity (Wildman–Crippen MR) is 71.2 cm³/mol. The SMILES string of the molecule is CC(Cl)C(=O)NCc1ccc(-c2ccn[nH]2)cc1. The largest absolute Gasteiger partial charge is 0.351 e. The Hall–Kier alpha value is -1.81. The quantitative estimate of drug-likeness (QED) is 0.832. The molecule has 1 aromatic carbocycles. The second-order valence-electron chi connectivity index (χ2n) is 4.00. The van der Waals surface area contributed by atoms with Crippen molar-refractivity contribution < 1.29 is 4.79 Å². The lowest BCUT2D eigenvalue weighted by Crippen LogP contribution is -2.28. The summed E-state index contributed by atoms with van der Waals surface area (Å²) in [7, 11) is 0. The van der Waals surface area contributed by atoms with Crippen LogP contribution in [0.3, 0.4) is 0 Å². The molecule has 0 bridgehead atoms. The molecule has 1 atom stereocenters. The van der Waals surface area contributed by atoms with E-state index in [1.54, 1.807) is 13.1 Å². The first-order chi connectivity index (χ1) is 8.66. The maximum Gasteiger partial charge on any atom is 0.238 e. The van der Waals surface area contributed by atoms with Gasteiger partial charge >= 0.3 is 0 Å². The molecule has 4 nitrogen and oxygen atoms in total. The van der Waals surface area contributed by atoms with Crippen molar-refractivity contribution in [2.75, 3.05) is 0 Å². The van der Waals surface area contributed by atoms with E-state index < -0.39 is 5.38 Å². The number of carbonyl (C=O) groups excluding carboxylic acids is 1. The van der Waals surface area contributed by atoms with Crippen LogP contribution < -0.4 is 5.32 Å². The van der Waals surface area contributed by atoms with Crippen LogP contribution in [-0.4, -0.2) is 21.5 Å². The Morgan fingerprint density at radius 1 is 1.39 bits per heavy atom. The van der Waals surface area contributed by atoms with Crippen molar-refractivity contribution in [1.82, 2.24) is 15.5 Å². The number of nitrogens with one attached hydrogen (secondary N) is 2. The lowest BCUT2D eigenvalue weighted by molar-refractivity contribution is -0.120. The number of H-pyrrole nitrogens is 1. The number of halogens is 1. The maximum absolute atomic E-state index is 11.3. The van der Waals surface area contributed by atoms with Gasteiger partial charge in [-0.15, -0.1) is 11.6 Å². The molecule has 18 heavy (non-hydrogen) atoms. The third kappa shape index (κ3) is 3.11. The predicted octanol–water partition coefficient (Wildman–Crippen LogP) is 2.32. The Morgan fingerprint density at radius 2 is 2.11 bits per heavy atom. The minimum atomic E-state index is -0.505. The number of rotatable bonds is 4. The average Bonchev–Trinajstić information content (AvgIpc) is 2.90. The molecule has 0 aliphatic rings. The van der Waals surface area contributed by atoms with Crippen molar-refractivity contribution in [3.8, 4) is 11.3 Å². The van der Waals surface area contributed by atoms with E-state index in [0.717, 1.165) is 16.8 Å². The van der Waals surface area contributed by atoms with E-state index in [2.05, 4.69) is 15.5 Å². The number of carbonyl (C=O) groups is 1. The van der Waals surface area contributed by atoms with Crippen LogP contribution in [0.2, 0.25) is 0 Å². The van der Waals surface area contributed by atoms with Crippen molar-refractivity contribution in [3.63, 3.8) is 0 Å². The molecular formula is C13H14ClN3O. The summed E-state index contributed by atoms with van der Waals surface area (Å²) in [6, 6.07) is 9.81. The van der Waals surface area contributed by atoms with Crippen LogP contribution in [0.25, 0.3) is 11.3 Å². The summed E-state index contributed by atoms with van der Waals surface area (Å²) in [6.45, 7) is 2.14. The van der Waals surface area contributed by atoms with Gasteiger partial charge in [-0.3, -0.25) is 9.89 Å². The van der Waals surface area contributed by atoms with Gasteiger partial charge < -0.3 is 5.32 Å². The topological polar surface area (TPSA) is 57.8 Å². The second kappa shape index (κ2) is 5.69. The molecule has 2 N–H and O–H groups in total. The fraction of sp³-hybridized carbons (Fsp3) is 0.231. The molecule has 0 radical (unpaired) electrons. The molecule has 0 aliphatic heterocycles. The highest BCUT2D eigenvalue weighted by Crippen LogP contribution is 2.16. The Bertz CT molecular complexity index is 506. The third-order valence-electron chi connectivity index (χ3n) is 2.59. The summed E-state index contributed by atoms with van der Waals surface area (Å²) in [5, 5.41) is 9.06. The van der Waals surface area contributed by atoms with Crippen molar-refractivity contribution in [2.24, 2.45) is 0 Å². The summed E-state index contributed by atoms with van der Waals surface area (Å²) < 4.78 is 0. The minimum absolute atomic E-state index is 0.158. The van der Waals surface area contributed by atoms with Crippen LogP contribution >= 0.6 is 11.6 Å². The van der Waals surface area contributed by atoms with Crippen LogP contribution in [0.1, 0.15) is 12.5 Å². The number of amides is 1. The summed E-state index contributed by atoms with van der Waals surface area (Å²) in [5.74, 6) is -0.158. The molecule has 1 unspecified atom stereocenters. The zero-order valence-electron chi connectivity index (χ0n) is 9.98. The Labute approximate surface area is 110 Å². The first kappa shape index (κ1) is 12.6. The zero-order chi connectivity index (χ0) is 13.0. The lowest BCUT2D eigenvalue weighted by atomic mass is 10.1. The number of nitrogens with zero attached hydrogens (tertiary/aromatic N) is 1. The van der Waals surface area contributed by atoms with E-state index in [1.165, 1.54) is 0 Å². The van der Waals surface area contributed by atoms with Gasteiger partial charge in [0.15, 0.2) is 0 Å². The van der Waals surface area contributed by atoms with Crippen LogP contribution in [0.4, 0.5) is 0 Å². The van der Waals surface area contributed by atoms with Crippen molar-refractivity contribution in [1.29, 1.82) is 0 Å². The molecule has 94 valence electrons. The van der Waals surface area contributed by atoms with E-state index in [-0.39, 0.29) is 5.91 Å². The normalized spacial score (nSPS) is 12.1. The smallest absolute Gasteiger partial charge is 0.238 e. The lowest BCUT2D eigenvalue weighted by Gasteiger charge is -2.07. The first-order valence-electron chi connectivity index (χ1n) is 5.67. The molecule has 0 spiro atoms. The van der Waals surface area contributed by atoms with Gasteiger partial charge in [0.2, 0.25) is 5.91 Å². The fourth-order valence-corrected chi connectivity index (χ4v) is 1.63. The van der Waals surface area contributed by atoms with Gasteiger partial charge in [0.05, 0.1) is 5.69 Å². The second-order valence-corrected chi connectivity index (χ2v) is 4.66. The number of alkyl halides is 1. The van der Waals surface area contributed by atoms with Crippen molar-refractivity contribution >= 4 is 17.5 Å². The zero-order valence-corrected chi connectivity index (χ0v) is 10.7. The van der Waals surface area contributed by atoms with E-state index >= 15 is 0 Å². The summed E-state index contributed by atoms with van der Waals surface area (Å²) in [5.41, 5.74) is 3.07. The highest BCUT2D eigenvalue weighted by atomic mass is 35.5. The van der Waals surface area contributed by atoms with E-state index in [0.29, 0.717) is 6.54 Å². The Morgan fingerprint density at radius 3 is 2.67 bits per heavy atom. The van der Waals surface area contributed by atoms with Crippen LogP contribution in [0.5, 0.6) is 0 Å². The van der Waals surface area contributed by atoms with Crippen LogP contribution in [0, 0.1) is 0 Å². The molecule has 5 heteroatoms. The third-order valence-corrected chi connectivity index (χ3v) is 2.79. The summed E-state index contributed by atoms with van der Waals surface area (Å²) >= 11 is 5.66. The van der Waals surface area contributed by atoms with Gasteiger partial charge in [0.1, 0.15) is 5.38 Å². The van der Waals surface area contributed by atoms with E-state index in [1.807, 2.05) is 30.3 Å². The van der Waals surface area contributed by atoms with E-state index in [9.17, 15) is 4.79 Å². The monoisotopic (exact) mass is 263 g/mol. The molecular weight excluding hydrogens is 250 g/mol. The minimum Gasteiger partial charge on any atom is -0.351 e. The van der Waals surface area contributed by atoms with Gasteiger partial charge in [-0.05, 0) is 24.1 Å². The maximum atomic E-state index is 11.3. The number of aromatic nitrogens is 2. The van der Waals surface area contributed by atoms with Gasteiger partial charge in [0.25, 0.3) is 0 Å². The van der Waals surface area contributed by atoms with Crippen molar-refractivity contribution in [3.05, 3.63) is 42.1 Å². The number of hydrogen-bond donors (Lipinski definition) is 2. The van der Waals surface area contributed by atoms with Gasteiger partial charge in [0, 0.05) is 12.7 Å². The summed E-state index contributed by atoms with van der Waals surface area (Å²) in [6.07, 6.45) is 1.71. The fourth-order valence-electron chi connectivity index (χ4n) is 1.55. The van der Waals surface area contributed by atoms with Gasteiger partial charge in [-0.1, -0.05) is 24.3 Å². The van der Waals surface area contributed by atoms with Crippen LogP contribution in [0.15, 0.2) is 36.5 Å². The number of aromatic amines is 1. The Balaban J connectivity index is 1.98. The van der Waals surface area contributed by atoms with E-state index in [4.69, 9.17) is 11.6 Å². The molecule has 2 rings (SSSR count). The number of hydrogen-bond acceptors (Lipinski definition) is 2. The molecule has 0 aliphatic carbocycles. The first-order valence-corrected chi connectivity index (χ1v) is 6.11. The highest BCUT2D eigenvalue weighted by Gasteiger charge is 2.07. The molecule has 1 heterocycles. The number of benzene rings is 1. The molecule has 0 saturated heterocycles. The standard InChI is InChI=1S/C13H14ClN3O/c1-9(14)13(18)15-8-10-2-4-11(5-3-10)12-6-7-16-17-12/h2-7,9H,8H2,1H3,(H,15,18)(H,16,17). The molecule has 1 aromatic heterocycles. The van der Waals surface area contributed by atoms with Crippen molar-refractivity contribution in [2.45, 2.75) is 18.8 Å². The molecule has 2 aromatic rings. The molecule has 1 amide bonds. The van der Waals surface area contributed by atoms with Gasteiger partial charge in [-0.25, -0.2) is 0 Å². The molecule has 0 fully saturated rings. The average molecular weight is 264 g/mol. The van der Waals surface area contributed by atoms with Gasteiger partial charge in [-0.2, -0.15) is 5.10 Å². The Kier molecular flexibility index (Phi) is 3.99. The molecule has 0 saturated carbocycles. The summed E-state index contributed by atoms with van der Waals surface area (Å²) in [4.78, 5) is 11.3. The van der Waals surface area contributed by atoms with Crippen LogP contribution in [-0.2, 0) is 11.3 Å². The highest BCUT2D eigenvalue weighted by molar-refractivity contribution is 6.30.